The summed E-state index contributed by atoms with van der Waals surface area (Å²) in [4.78, 5) is 19.9. The normalized spacial score (nSPS) is 11.6. The molecule has 11 rings (SSSR count). The second kappa shape index (κ2) is 13.0. The molecule has 0 fully saturated rings. The first-order chi connectivity index (χ1) is 27.7. The first-order valence-corrected chi connectivity index (χ1v) is 18.6. The van der Waals surface area contributed by atoms with Gasteiger partial charge in [-0.05, 0) is 64.7 Å². The molecule has 11 aromatic rings. The van der Waals surface area contributed by atoms with Crippen molar-refractivity contribution < 1.29 is 4.42 Å². The Morgan fingerprint density at radius 1 is 0.375 bits per heavy atom. The van der Waals surface area contributed by atoms with Gasteiger partial charge in [0.25, 0.3) is 0 Å². The molecule has 0 aliphatic rings. The summed E-state index contributed by atoms with van der Waals surface area (Å²) in [6, 6.07) is 63.0. The fraction of sp³-hybridized carbons (Fsp3) is 0. The van der Waals surface area contributed by atoms with Gasteiger partial charge in [-0.15, -0.1) is 0 Å². The molecule has 0 bridgehead atoms. The summed E-state index contributed by atoms with van der Waals surface area (Å²) in [7, 11) is 0. The van der Waals surface area contributed by atoms with Crippen molar-refractivity contribution in [1.82, 2.24) is 24.5 Å². The molecular formula is C50H31N5O. The van der Waals surface area contributed by atoms with Crippen LogP contribution < -0.4 is 0 Å². The Morgan fingerprint density at radius 3 is 1.79 bits per heavy atom. The highest BCUT2D eigenvalue weighted by molar-refractivity contribution is 6.11. The van der Waals surface area contributed by atoms with Crippen molar-refractivity contribution in [3.8, 4) is 62.2 Å². The van der Waals surface area contributed by atoms with Gasteiger partial charge in [0.05, 0.1) is 16.4 Å². The molecule has 0 atom stereocenters. The zero-order chi connectivity index (χ0) is 37.0. The van der Waals surface area contributed by atoms with Gasteiger partial charge in [0.1, 0.15) is 16.9 Å². The van der Waals surface area contributed by atoms with Gasteiger partial charge in [-0.25, -0.2) is 15.0 Å². The van der Waals surface area contributed by atoms with Crippen LogP contribution in [0.5, 0.6) is 0 Å². The second-order valence-corrected chi connectivity index (χ2v) is 13.9. The van der Waals surface area contributed by atoms with Gasteiger partial charge in [-0.2, -0.15) is 0 Å². The Balaban J connectivity index is 1.01. The topological polar surface area (TPSA) is 69.6 Å². The minimum absolute atomic E-state index is 0.488. The molecule has 56 heavy (non-hydrogen) atoms. The fourth-order valence-electron chi connectivity index (χ4n) is 7.87. The van der Waals surface area contributed by atoms with E-state index in [1.165, 1.54) is 32.9 Å². The maximum absolute atomic E-state index is 6.19. The van der Waals surface area contributed by atoms with E-state index in [9.17, 15) is 0 Å². The van der Waals surface area contributed by atoms with Crippen molar-refractivity contribution >= 4 is 43.7 Å². The molecule has 0 amide bonds. The fourth-order valence-corrected chi connectivity index (χ4v) is 7.87. The summed E-state index contributed by atoms with van der Waals surface area (Å²) in [5.41, 5.74) is 12.0. The molecule has 7 aromatic carbocycles. The standard InChI is InChI=1S/C50H31N5O/c1-3-12-32(13-4-1)36-24-27-40-39-18-7-9-20-42(39)55(43(40)31-36)38-25-22-33(23-26-38)35-16-11-17-37(30-35)49-52-48(34-14-5-2-6-15-34)53-50(54-49)47-46-41-19-8-10-21-44(41)56-45(46)28-29-51-47/h1-31H. The van der Waals surface area contributed by atoms with E-state index in [1.807, 2.05) is 60.7 Å². The predicted molar refractivity (Wildman–Crippen MR) is 226 cm³/mol. The van der Waals surface area contributed by atoms with E-state index >= 15 is 0 Å². The first-order valence-electron chi connectivity index (χ1n) is 18.6. The molecule has 0 unspecified atom stereocenters. The molecule has 0 N–H and O–H groups in total. The van der Waals surface area contributed by atoms with Crippen LogP contribution in [0.3, 0.4) is 0 Å². The number of pyridine rings is 1. The zero-order valence-electron chi connectivity index (χ0n) is 30.0. The Labute approximate surface area is 322 Å². The van der Waals surface area contributed by atoms with Gasteiger partial charge >= 0.3 is 0 Å². The van der Waals surface area contributed by atoms with E-state index in [0.717, 1.165) is 49.9 Å². The SMILES string of the molecule is c1ccc(-c2ccc3c4ccccc4n(-c4ccc(-c5cccc(-c6nc(-c7ccccc7)nc(-c7nccc8oc9ccccc9c78)n6)c5)cc4)c3c2)cc1. The minimum Gasteiger partial charge on any atom is -0.456 e. The van der Waals surface area contributed by atoms with E-state index in [2.05, 4.69) is 126 Å². The van der Waals surface area contributed by atoms with Crippen LogP contribution in [0.4, 0.5) is 0 Å². The third kappa shape index (κ3) is 5.35. The quantitative estimate of drug-likeness (QED) is 0.171. The molecule has 0 saturated heterocycles. The summed E-state index contributed by atoms with van der Waals surface area (Å²) in [6.07, 6.45) is 1.75. The molecular weight excluding hydrogens is 687 g/mol. The molecule has 6 nitrogen and oxygen atoms in total. The van der Waals surface area contributed by atoms with Crippen LogP contribution in [0.15, 0.2) is 193 Å². The Morgan fingerprint density at radius 2 is 0.964 bits per heavy atom. The average molecular weight is 718 g/mol. The average Bonchev–Trinajstić information content (AvgIpc) is 3.83. The van der Waals surface area contributed by atoms with Crippen molar-refractivity contribution in [3.05, 3.63) is 188 Å². The summed E-state index contributed by atoms with van der Waals surface area (Å²) in [6.45, 7) is 0. The van der Waals surface area contributed by atoms with Crippen LogP contribution in [0.2, 0.25) is 0 Å². The number of rotatable bonds is 6. The molecule has 6 heteroatoms. The van der Waals surface area contributed by atoms with Gasteiger partial charge in [0.15, 0.2) is 17.5 Å². The van der Waals surface area contributed by atoms with Gasteiger partial charge in [0, 0.05) is 39.2 Å². The number of fused-ring (bicyclic) bond motifs is 6. The van der Waals surface area contributed by atoms with Crippen molar-refractivity contribution in [2.75, 3.05) is 0 Å². The third-order valence-corrected chi connectivity index (χ3v) is 10.5. The Kier molecular flexibility index (Phi) is 7.38. The molecule has 4 aromatic heterocycles. The number of benzene rings is 7. The lowest BCUT2D eigenvalue weighted by Gasteiger charge is -2.11. The minimum atomic E-state index is 0.488. The number of aromatic nitrogens is 5. The van der Waals surface area contributed by atoms with E-state index in [4.69, 9.17) is 24.4 Å². The number of hydrogen-bond acceptors (Lipinski definition) is 5. The number of hydrogen-bond donors (Lipinski definition) is 0. The number of para-hydroxylation sites is 2. The van der Waals surface area contributed by atoms with Crippen molar-refractivity contribution in [1.29, 1.82) is 0 Å². The highest BCUT2D eigenvalue weighted by Crippen LogP contribution is 2.37. The van der Waals surface area contributed by atoms with Crippen molar-refractivity contribution in [2.24, 2.45) is 0 Å². The van der Waals surface area contributed by atoms with Crippen LogP contribution in [0, 0.1) is 0 Å². The molecule has 262 valence electrons. The predicted octanol–water partition coefficient (Wildman–Crippen LogP) is 12.6. The molecule has 0 saturated carbocycles. The smallest absolute Gasteiger partial charge is 0.183 e. The summed E-state index contributed by atoms with van der Waals surface area (Å²) >= 11 is 0. The lowest BCUT2D eigenvalue weighted by molar-refractivity contribution is 0.668. The zero-order valence-corrected chi connectivity index (χ0v) is 30.0. The second-order valence-electron chi connectivity index (χ2n) is 13.9. The van der Waals surface area contributed by atoms with Crippen LogP contribution >= 0.6 is 0 Å². The largest absolute Gasteiger partial charge is 0.456 e. The van der Waals surface area contributed by atoms with Crippen LogP contribution in [-0.2, 0) is 0 Å². The third-order valence-electron chi connectivity index (χ3n) is 10.5. The summed E-state index contributed by atoms with van der Waals surface area (Å²) in [5.74, 6) is 1.63. The van der Waals surface area contributed by atoms with E-state index < -0.39 is 0 Å². The molecule has 0 spiro atoms. The lowest BCUT2D eigenvalue weighted by Crippen LogP contribution is -2.01. The molecule has 0 radical (unpaired) electrons. The van der Waals surface area contributed by atoms with Gasteiger partial charge < -0.3 is 8.98 Å². The first kappa shape index (κ1) is 31.8. The Hall–Kier alpha value is -7.70. The molecule has 0 aliphatic heterocycles. The van der Waals surface area contributed by atoms with E-state index in [0.29, 0.717) is 23.2 Å². The molecule has 0 aliphatic carbocycles. The van der Waals surface area contributed by atoms with E-state index in [1.54, 1.807) is 6.20 Å². The lowest BCUT2D eigenvalue weighted by atomic mass is 10.0. The van der Waals surface area contributed by atoms with Crippen LogP contribution in [-0.4, -0.2) is 24.5 Å². The maximum atomic E-state index is 6.19. The van der Waals surface area contributed by atoms with Crippen molar-refractivity contribution in [3.63, 3.8) is 0 Å². The van der Waals surface area contributed by atoms with Crippen molar-refractivity contribution in [2.45, 2.75) is 0 Å². The maximum Gasteiger partial charge on any atom is 0.183 e. The van der Waals surface area contributed by atoms with Crippen LogP contribution in [0.1, 0.15) is 0 Å². The molecule has 4 heterocycles. The van der Waals surface area contributed by atoms with Gasteiger partial charge in [-0.3, -0.25) is 4.98 Å². The van der Waals surface area contributed by atoms with Gasteiger partial charge in [-0.1, -0.05) is 140 Å². The summed E-state index contributed by atoms with van der Waals surface area (Å²) < 4.78 is 8.56. The highest BCUT2D eigenvalue weighted by Gasteiger charge is 2.19. The Bertz CT molecular complexity index is 3240. The number of nitrogens with zero attached hydrogens (tertiary/aromatic N) is 5. The number of furan rings is 1. The summed E-state index contributed by atoms with van der Waals surface area (Å²) in [5, 5.41) is 4.32. The highest BCUT2D eigenvalue weighted by atomic mass is 16.3. The van der Waals surface area contributed by atoms with Gasteiger partial charge in [0.2, 0.25) is 0 Å². The van der Waals surface area contributed by atoms with E-state index in [-0.39, 0.29) is 0 Å². The van der Waals surface area contributed by atoms with Crippen LogP contribution in [0.25, 0.3) is 106 Å². The monoisotopic (exact) mass is 717 g/mol.